The Morgan fingerprint density at radius 1 is 1.15 bits per heavy atom. The molecule has 10 heteroatoms. The van der Waals surface area contributed by atoms with E-state index in [0.29, 0.717) is 5.56 Å². The van der Waals surface area contributed by atoms with Crippen LogP contribution in [0.15, 0.2) is 71.8 Å². The molecule has 4 rings (SSSR count). The molecule has 2 heterocycles. The second-order valence-corrected chi connectivity index (χ2v) is 11.8. The lowest BCUT2D eigenvalue weighted by Crippen LogP contribution is -2.50. The summed E-state index contributed by atoms with van der Waals surface area (Å²) in [5.74, 6) is -1.07. The first-order valence-electron chi connectivity index (χ1n) is 12.6. The van der Waals surface area contributed by atoms with Crippen LogP contribution in [-0.4, -0.2) is 72.5 Å². The lowest BCUT2D eigenvalue weighted by atomic mass is 10.00. The second kappa shape index (κ2) is 12.1. The third-order valence-electron chi connectivity index (χ3n) is 6.77. The number of likely N-dealkylation sites (N-methyl/N-ethyl adjacent to an activating group) is 1. The average molecular weight is 554 g/mol. The molecule has 1 aliphatic rings. The van der Waals surface area contributed by atoms with Crippen LogP contribution in [-0.2, 0) is 10.0 Å². The van der Waals surface area contributed by atoms with Crippen molar-refractivity contribution in [3.63, 3.8) is 0 Å². The summed E-state index contributed by atoms with van der Waals surface area (Å²) in [5.41, 5.74) is 1.90. The summed E-state index contributed by atoms with van der Waals surface area (Å²) in [6.45, 7) is 3.57. The van der Waals surface area contributed by atoms with E-state index in [9.17, 15) is 22.7 Å². The van der Waals surface area contributed by atoms with Crippen molar-refractivity contribution < 1.29 is 27.4 Å². The lowest BCUT2D eigenvalue weighted by Gasteiger charge is -2.37. The molecule has 0 saturated heterocycles. The summed E-state index contributed by atoms with van der Waals surface area (Å²) in [6.07, 6.45) is 4.68. The van der Waals surface area contributed by atoms with Crippen molar-refractivity contribution in [2.75, 3.05) is 26.7 Å². The number of amides is 1. The van der Waals surface area contributed by atoms with E-state index in [2.05, 4.69) is 4.98 Å². The topological polar surface area (TPSA) is 100 Å². The molecule has 0 saturated carbocycles. The number of aromatic nitrogens is 1. The summed E-state index contributed by atoms with van der Waals surface area (Å²) in [7, 11) is -2.50. The maximum Gasteiger partial charge on any atom is 0.259 e. The third kappa shape index (κ3) is 6.52. The number of nitrogens with zero attached hydrogens (tertiary/aromatic N) is 3. The van der Waals surface area contributed by atoms with Crippen LogP contribution in [0.4, 0.5) is 4.39 Å². The zero-order valence-corrected chi connectivity index (χ0v) is 22.9. The number of halogens is 1. The number of benzene rings is 2. The number of aliphatic hydroxyl groups excluding tert-OH is 1. The van der Waals surface area contributed by atoms with E-state index in [0.717, 1.165) is 22.0 Å². The molecular weight excluding hydrogens is 521 g/mol. The molecule has 0 radical (unpaired) electrons. The summed E-state index contributed by atoms with van der Waals surface area (Å²) in [6, 6.07) is 15.5. The number of sulfonamides is 1. The van der Waals surface area contributed by atoms with Crippen LogP contribution in [0, 0.1) is 11.7 Å². The van der Waals surface area contributed by atoms with Crippen molar-refractivity contribution in [3.8, 4) is 5.88 Å². The summed E-state index contributed by atoms with van der Waals surface area (Å²) < 4.78 is 47.0. The fraction of sp³-hybridized carbons (Fsp3) is 0.310. The first kappa shape index (κ1) is 28.4. The van der Waals surface area contributed by atoms with Crippen molar-refractivity contribution in [2.24, 2.45) is 5.92 Å². The average Bonchev–Trinajstić information content (AvgIpc) is 2.94. The van der Waals surface area contributed by atoms with E-state index in [4.69, 9.17) is 4.74 Å². The van der Waals surface area contributed by atoms with Gasteiger partial charge in [-0.15, -0.1) is 0 Å². The van der Waals surface area contributed by atoms with Crippen LogP contribution < -0.4 is 4.74 Å². The number of hydrogen-bond donors (Lipinski definition) is 1. The van der Waals surface area contributed by atoms with Crippen molar-refractivity contribution in [2.45, 2.75) is 30.9 Å². The van der Waals surface area contributed by atoms with E-state index in [1.165, 1.54) is 19.2 Å². The maximum absolute atomic E-state index is 13.6. The van der Waals surface area contributed by atoms with E-state index >= 15 is 0 Å². The number of aliphatic hydroxyl groups is 1. The van der Waals surface area contributed by atoms with E-state index in [-0.39, 0.29) is 47.9 Å². The SMILES string of the molecule is C[C@@H]1CN([C@@H](C)CO)C(=O)c2cc(/C=C/c3ccccc3)cnc2O[C@@H]1CN(C)S(=O)(=O)c1ccc(F)cc1. The molecule has 206 valence electrons. The Kier molecular flexibility index (Phi) is 8.79. The van der Waals surface area contributed by atoms with Gasteiger partial charge in [0.15, 0.2) is 0 Å². The third-order valence-corrected chi connectivity index (χ3v) is 8.61. The lowest BCUT2D eigenvalue weighted by molar-refractivity contribution is 0.0373. The highest BCUT2D eigenvalue weighted by molar-refractivity contribution is 7.89. The van der Waals surface area contributed by atoms with E-state index < -0.39 is 28.0 Å². The molecule has 0 aliphatic carbocycles. The van der Waals surface area contributed by atoms with Gasteiger partial charge in [-0.05, 0) is 48.4 Å². The Morgan fingerprint density at radius 2 is 1.82 bits per heavy atom. The molecule has 1 aliphatic heterocycles. The Bertz CT molecular complexity index is 1430. The number of carbonyl (C=O) groups is 1. The summed E-state index contributed by atoms with van der Waals surface area (Å²) >= 11 is 0. The van der Waals surface area contributed by atoms with Gasteiger partial charge in [-0.1, -0.05) is 49.4 Å². The van der Waals surface area contributed by atoms with Gasteiger partial charge in [-0.25, -0.2) is 17.8 Å². The van der Waals surface area contributed by atoms with Gasteiger partial charge in [-0.2, -0.15) is 4.31 Å². The predicted octanol–water partition coefficient (Wildman–Crippen LogP) is 3.93. The van der Waals surface area contributed by atoms with Crippen LogP contribution in [0.3, 0.4) is 0 Å². The molecule has 0 unspecified atom stereocenters. The number of fused-ring (bicyclic) bond motifs is 1. The molecule has 0 fully saturated rings. The highest BCUT2D eigenvalue weighted by atomic mass is 32.2. The molecular formula is C29H32FN3O5S. The predicted molar refractivity (Wildman–Crippen MR) is 147 cm³/mol. The fourth-order valence-corrected chi connectivity index (χ4v) is 5.51. The van der Waals surface area contributed by atoms with Crippen LogP contribution in [0.5, 0.6) is 5.88 Å². The molecule has 39 heavy (non-hydrogen) atoms. The zero-order chi connectivity index (χ0) is 28.2. The quantitative estimate of drug-likeness (QED) is 0.454. The first-order chi connectivity index (χ1) is 18.6. The molecule has 3 atom stereocenters. The Hall–Kier alpha value is -3.60. The van der Waals surface area contributed by atoms with Gasteiger partial charge in [0.25, 0.3) is 5.91 Å². The standard InChI is InChI=1S/C29H32FN3O5S/c1-20-17-33(21(2)19-34)29(35)26-15-23(10-9-22-7-5-4-6-8-22)16-31-28(26)38-27(20)18-32(3)39(36,37)25-13-11-24(30)12-14-25/h4-16,20-21,27,34H,17-19H2,1-3H3/b10-9+/t20-,21+,27-/m1/s1. The number of ether oxygens (including phenoxy) is 1. The van der Waals surface area contributed by atoms with Crippen LogP contribution in [0.2, 0.25) is 0 Å². The molecule has 1 N–H and O–H groups in total. The van der Waals surface area contributed by atoms with Gasteiger partial charge in [-0.3, -0.25) is 4.79 Å². The highest BCUT2D eigenvalue weighted by Crippen LogP contribution is 2.28. The summed E-state index contributed by atoms with van der Waals surface area (Å²) in [4.78, 5) is 19.6. The maximum atomic E-state index is 13.6. The first-order valence-corrected chi connectivity index (χ1v) is 14.1. The largest absolute Gasteiger partial charge is 0.472 e. The van der Waals surface area contributed by atoms with Crippen molar-refractivity contribution in [1.82, 2.24) is 14.2 Å². The molecule has 0 bridgehead atoms. The Morgan fingerprint density at radius 3 is 2.49 bits per heavy atom. The van der Waals surface area contributed by atoms with Crippen LogP contribution in [0.1, 0.15) is 35.3 Å². The minimum absolute atomic E-state index is 0.0345. The van der Waals surface area contributed by atoms with Gasteiger partial charge >= 0.3 is 0 Å². The van der Waals surface area contributed by atoms with Crippen molar-refractivity contribution in [1.29, 1.82) is 0 Å². The number of pyridine rings is 1. The van der Waals surface area contributed by atoms with Crippen molar-refractivity contribution in [3.05, 3.63) is 89.4 Å². The van der Waals surface area contributed by atoms with Gasteiger partial charge < -0.3 is 14.7 Å². The van der Waals surface area contributed by atoms with Gasteiger partial charge in [0.1, 0.15) is 17.5 Å². The van der Waals surface area contributed by atoms with Gasteiger partial charge in [0.05, 0.1) is 24.1 Å². The molecule has 8 nitrogen and oxygen atoms in total. The molecule has 1 amide bonds. The highest BCUT2D eigenvalue weighted by Gasteiger charge is 2.35. The molecule has 0 spiro atoms. The minimum Gasteiger partial charge on any atom is -0.472 e. The fourth-order valence-electron chi connectivity index (χ4n) is 4.32. The molecule has 3 aromatic rings. The number of rotatable bonds is 8. The number of hydrogen-bond acceptors (Lipinski definition) is 6. The van der Waals surface area contributed by atoms with E-state index in [1.54, 1.807) is 24.1 Å². The van der Waals surface area contributed by atoms with Crippen molar-refractivity contribution >= 4 is 28.1 Å². The monoisotopic (exact) mass is 553 g/mol. The second-order valence-electron chi connectivity index (χ2n) is 9.73. The smallest absolute Gasteiger partial charge is 0.259 e. The Balaban J connectivity index is 1.66. The normalized spacial score (nSPS) is 18.9. The molecule has 1 aromatic heterocycles. The van der Waals surface area contributed by atoms with Gasteiger partial charge in [0.2, 0.25) is 15.9 Å². The zero-order valence-electron chi connectivity index (χ0n) is 22.1. The minimum atomic E-state index is -3.93. The summed E-state index contributed by atoms with van der Waals surface area (Å²) in [5, 5.41) is 9.86. The van der Waals surface area contributed by atoms with Crippen LogP contribution in [0.25, 0.3) is 12.2 Å². The molecule has 2 aromatic carbocycles. The van der Waals surface area contributed by atoms with E-state index in [1.807, 2.05) is 49.4 Å². The van der Waals surface area contributed by atoms with Gasteiger partial charge in [0, 0.05) is 25.7 Å². The number of carbonyl (C=O) groups excluding carboxylic acids is 1. The van der Waals surface area contributed by atoms with Crippen LogP contribution >= 0.6 is 0 Å². The Labute approximate surface area is 228 Å².